The lowest BCUT2D eigenvalue weighted by Gasteiger charge is -3.56. The lowest BCUT2D eigenvalue weighted by atomic mass is 8.46. The third-order valence-corrected chi connectivity index (χ3v) is 37.0. The van der Waals surface area contributed by atoms with Gasteiger partial charge in [-0.25, -0.2) is 0 Å². The van der Waals surface area contributed by atoms with Gasteiger partial charge in [-0.2, -0.15) is 0 Å². The summed E-state index contributed by atoms with van der Waals surface area (Å²) in [6.45, 7) is 0. The first kappa shape index (κ1) is 16.0. The van der Waals surface area contributed by atoms with Crippen molar-refractivity contribution in [3.63, 3.8) is 0 Å². The Morgan fingerprint density at radius 1 is 0.289 bits per heavy atom. The van der Waals surface area contributed by atoms with Gasteiger partial charge >= 0.3 is 0 Å². The molecule has 30 aliphatic carbocycles. The first-order chi connectivity index (χ1) is 22.2. The molecule has 0 aromatic heterocycles. The van der Waals surface area contributed by atoms with E-state index < -0.39 is 0 Å². The first-order valence-electron chi connectivity index (χ1n) is 22.0. The van der Waals surface area contributed by atoms with E-state index in [0.29, 0.717) is 5.31 Å². The Morgan fingerprint density at radius 3 is 1.09 bits per heavy atom. The van der Waals surface area contributed by atoms with Gasteiger partial charge in [0.05, 0.1) is 7.85 Å². The zero-order valence-electron chi connectivity index (χ0n) is 25.0. The summed E-state index contributed by atoms with van der Waals surface area (Å²) in [7, 11) is 7.82. The average molecular weight is 569 g/mol. The third-order valence-electron chi connectivity index (χ3n) is 37.0. The van der Waals surface area contributed by atoms with Crippen LogP contribution in [0.15, 0.2) is 0 Å². The zero-order chi connectivity index (χ0) is 25.5. The molecule has 0 nitrogen and oxygen atoms in total. The Balaban J connectivity index is 0.831. The molecule has 30 rings (SSSR count). The molecule has 40 unspecified atom stereocenters. The van der Waals surface area contributed by atoms with E-state index in [1.165, 1.54) is 118 Å². The lowest BCUT2D eigenvalue weighted by molar-refractivity contribution is -1.11. The first-order valence-corrected chi connectivity index (χ1v) is 22.0. The summed E-state index contributed by atoms with van der Waals surface area (Å²) in [5.41, 5.74) is 18.8. The van der Waals surface area contributed by atoms with Crippen LogP contribution in [0.3, 0.4) is 0 Å². The van der Waals surface area contributed by atoms with Crippen molar-refractivity contribution < 1.29 is 0 Å². The maximum atomic E-state index is 7.82. The van der Waals surface area contributed by atoms with Gasteiger partial charge in [0.2, 0.25) is 0 Å². The van der Waals surface area contributed by atoms with Crippen LogP contribution in [-0.4, -0.2) is 7.85 Å². The highest BCUT2D eigenvalue weighted by molar-refractivity contribution is 6.21. The molecule has 2 radical (unpaired) electrons. The van der Waals surface area contributed by atoms with Crippen molar-refractivity contribution in [3.8, 4) is 0 Å². The largest absolute Gasteiger partial charge is 0.0758 e. The van der Waals surface area contributed by atoms with E-state index in [9.17, 15) is 0 Å². The van der Waals surface area contributed by atoms with E-state index in [-0.39, 0.29) is 0 Å². The monoisotopic (exact) mass is 568 g/mol. The highest BCUT2D eigenvalue weighted by Crippen LogP contribution is 3.59. The Morgan fingerprint density at radius 2 is 0.622 bits per heavy atom. The molecule has 208 valence electrons. The summed E-state index contributed by atoms with van der Waals surface area (Å²) >= 11 is 0. The molecule has 30 fully saturated rings. The number of rotatable bonds is 0. The van der Waals surface area contributed by atoms with Crippen molar-refractivity contribution in [1.82, 2.24) is 0 Å². The molecule has 0 aromatic rings. The van der Waals surface area contributed by atoms with E-state index in [1.807, 2.05) is 0 Å². The van der Waals surface area contributed by atoms with E-state index in [0.717, 1.165) is 103 Å². The van der Waals surface area contributed by atoms with Gasteiger partial charge in [0.1, 0.15) is 0 Å². The molecule has 0 aliphatic heterocycles. The highest BCUT2D eigenvalue weighted by atomic mass is 15.6. The number of hydrogen-bond donors (Lipinski definition) is 0. The van der Waals surface area contributed by atoms with Crippen molar-refractivity contribution in [1.29, 1.82) is 0 Å². The Kier molecular flexibility index (Phi) is 0.884. The van der Waals surface area contributed by atoms with Crippen LogP contribution in [0.5, 0.6) is 0 Å². The minimum Gasteiger partial charge on any atom is -0.0555 e. The maximum Gasteiger partial charge on any atom is 0.0758 e. The second-order valence-electron chi connectivity index (χ2n) is 28.2. The van der Waals surface area contributed by atoms with Crippen LogP contribution >= 0.6 is 0 Å². The normalized spacial score (nSPS) is 134. The van der Waals surface area contributed by atoms with Crippen LogP contribution < -0.4 is 0 Å². The van der Waals surface area contributed by atoms with E-state index in [1.54, 1.807) is 25.7 Å². The van der Waals surface area contributed by atoms with Crippen LogP contribution in [0.1, 0.15) is 25.7 Å². The second kappa shape index (κ2) is 2.49. The standard InChI is InChI=1S/C44H29B/c45-26-4-10-15-19-23-25-21-17-13-8-2-6-5-1-7-12-16-20-24-22-18-14-9-3-11(26)29(9)30(10,26)34(15)33(14,29)37(18)38(19,34)42(23)41(22,37)43(24)39(20)35(16)31(12)27(5,7)28(6,8)32(13,31)36(17,35)40(21,39)44(25,42)43/h5-25H,1-4H2. The van der Waals surface area contributed by atoms with Crippen molar-refractivity contribution in [3.05, 3.63) is 0 Å². The minimum absolute atomic E-state index is 0.404. The summed E-state index contributed by atoms with van der Waals surface area (Å²) in [6.07, 6.45) is 6.80. The lowest BCUT2D eigenvalue weighted by Crippen LogP contribution is -3.55. The molecule has 0 heterocycles. The van der Waals surface area contributed by atoms with E-state index >= 15 is 0 Å². The van der Waals surface area contributed by atoms with Gasteiger partial charge in [-0.15, -0.1) is 0 Å². The summed E-state index contributed by atoms with van der Waals surface area (Å²) in [6, 6.07) is 0. The maximum absolute atomic E-state index is 7.82. The predicted molar refractivity (Wildman–Crippen MR) is 144 cm³/mol. The molecule has 18 spiro atoms. The fraction of sp³-hybridized carbons (Fsp3) is 1.00. The molecule has 0 N–H and O–H groups in total. The smallest absolute Gasteiger partial charge is 0.0555 e. The van der Waals surface area contributed by atoms with Crippen LogP contribution in [0, 0.1) is 222 Å². The topological polar surface area (TPSA) is 0 Å². The van der Waals surface area contributed by atoms with Gasteiger partial charge in [0.25, 0.3) is 0 Å². The zero-order valence-corrected chi connectivity index (χ0v) is 25.0. The SMILES string of the molecule is [B]C12CC3C4C5C6C7C8C9C%10C%11CC%12C%13CC%14C%15C%16C%17C%18C%19C%20C%21C%22CC1C%221C32C42C%211C%201C52C62C%191C%181C%173C%164C%155C%13%14C%12%11C%105C94C83C721. The molecule has 0 aromatic carbocycles. The van der Waals surface area contributed by atoms with Crippen molar-refractivity contribution in [2.45, 2.75) is 31.0 Å². The minimum atomic E-state index is 0.404. The Labute approximate surface area is 259 Å². The average Bonchev–Trinajstić information content (AvgIpc) is 2.89. The fourth-order valence-electron chi connectivity index (χ4n) is 45.9. The molecule has 40 atom stereocenters. The van der Waals surface area contributed by atoms with Gasteiger partial charge in [0, 0.05) is 0 Å². The molecule has 30 aliphatic rings. The van der Waals surface area contributed by atoms with E-state index in [4.69, 9.17) is 7.85 Å². The van der Waals surface area contributed by atoms with Crippen molar-refractivity contribution >= 4 is 7.85 Å². The second-order valence-corrected chi connectivity index (χ2v) is 28.2. The molecular weight excluding hydrogens is 539 g/mol. The van der Waals surface area contributed by atoms with Gasteiger partial charge in [-0.1, -0.05) is 11.7 Å². The molecule has 0 saturated heterocycles. The molecule has 0 amide bonds. The van der Waals surface area contributed by atoms with Crippen LogP contribution in [0.25, 0.3) is 0 Å². The quantitative estimate of drug-likeness (QED) is 0.388. The van der Waals surface area contributed by atoms with Crippen molar-refractivity contribution in [2.75, 3.05) is 0 Å². The van der Waals surface area contributed by atoms with Gasteiger partial charge in [-0.05, 0) is 241 Å². The molecule has 0 bridgehead atoms. The predicted octanol–water partition coefficient (Wildman–Crippen LogP) is 3.98. The van der Waals surface area contributed by atoms with Crippen LogP contribution in [0.2, 0.25) is 5.31 Å². The third kappa shape index (κ3) is 0.383. The highest BCUT2D eigenvalue weighted by Gasteiger charge is 3.57. The van der Waals surface area contributed by atoms with Crippen LogP contribution in [0.4, 0.5) is 0 Å². The van der Waals surface area contributed by atoms with Gasteiger partial charge in [-0.3, -0.25) is 0 Å². The number of hydrogen-bond acceptors (Lipinski definition) is 0. The Bertz CT molecular complexity index is 2720. The summed E-state index contributed by atoms with van der Waals surface area (Å²) in [4.78, 5) is 0. The van der Waals surface area contributed by atoms with E-state index in [2.05, 4.69) is 0 Å². The Hall–Kier alpha value is 0.0649. The molecule has 1 heteroatoms. The van der Waals surface area contributed by atoms with Gasteiger partial charge in [0.15, 0.2) is 0 Å². The van der Waals surface area contributed by atoms with Gasteiger partial charge < -0.3 is 0 Å². The fourth-order valence-corrected chi connectivity index (χ4v) is 45.9. The van der Waals surface area contributed by atoms with Crippen molar-refractivity contribution in [2.24, 2.45) is 222 Å². The molecular formula is C44H29B. The summed E-state index contributed by atoms with van der Waals surface area (Å²) in [5.74, 6) is 27.9. The number of fused-ring (bicyclic) bond motifs is 18. The molecule has 45 heavy (non-hydrogen) atoms. The molecule has 30 saturated carbocycles. The van der Waals surface area contributed by atoms with Crippen LogP contribution in [-0.2, 0) is 0 Å². The summed E-state index contributed by atoms with van der Waals surface area (Å²) < 4.78 is 0. The summed E-state index contributed by atoms with van der Waals surface area (Å²) in [5, 5.41) is 0.404.